The fraction of sp³-hybridized carbons (Fsp3) is 0.923. The molecule has 1 N–H and O–H groups in total. The number of rotatable bonds is 2. The number of carbonyl (C=O) groups excluding carboxylic acids is 1. The minimum Gasteiger partial charge on any atom is -0.461 e. The van der Waals surface area contributed by atoms with E-state index in [1.807, 2.05) is 0 Å². The van der Waals surface area contributed by atoms with Gasteiger partial charge in [-0.05, 0) is 31.1 Å². The highest BCUT2D eigenvalue weighted by Crippen LogP contribution is 2.31. The number of ether oxygens (including phenoxy) is 2. The zero-order chi connectivity index (χ0) is 12.3. The van der Waals surface area contributed by atoms with E-state index in [9.17, 15) is 4.79 Å². The molecule has 0 bridgehead atoms. The molecule has 4 unspecified atom stereocenters. The fourth-order valence-electron chi connectivity index (χ4n) is 2.57. The van der Waals surface area contributed by atoms with Crippen LogP contribution in [0.5, 0.6) is 0 Å². The van der Waals surface area contributed by atoms with E-state index in [4.69, 9.17) is 9.47 Å². The van der Waals surface area contributed by atoms with Gasteiger partial charge in [0.1, 0.15) is 12.1 Å². The fourth-order valence-corrected chi connectivity index (χ4v) is 2.57. The zero-order valence-corrected chi connectivity index (χ0v) is 10.8. The Hall–Kier alpha value is -0.610. The lowest BCUT2D eigenvalue weighted by Crippen LogP contribution is -2.48. The molecular formula is C13H23NO3. The first kappa shape index (κ1) is 12.8. The van der Waals surface area contributed by atoms with Crippen molar-refractivity contribution in [3.63, 3.8) is 0 Å². The van der Waals surface area contributed by atoms with Gasteiger partial charge in [0.05, 0.1) is 13.2 Å². The second kappa shape index (κ2) is 5.83. The number of carbonyl (C=O) groups is 1. The normalized spacial score (nSPS) is 38.7. The smallest absolute Gasteiger partial charge is 0.325 e. The molecule has 0 aromatic carbocycles. The Morgan fingerprint density at radius 2 is 2.12 bits per heavy atom. The topological polar surface area (TPSA) is 47.6 Å². The lowest BCUT2D eigenvalue weighted by atomic mass is 9.80. The van der Waals surface area contributed by atoms with E-state index >= 15 is 0 Å². The summed E-state index contributed by atoms with van der Waals surface area (Å²) in [5.41, 5.74) is 0. The Morgan fingerprint density at radius 1 is 1.29 bits per heavy atom. The zero-order valence-electron chi connectivity index (χ0n) is 10.8. The summed E-state index contributed by atoms with van der Waals surface area (Å²) in [6.45, 7) is 6.38. The van der Waals surface area contributed by atoms with Crippen LogP contribution in [0.4, 0.5) is 0 Å². The van der Waals surface area contributed by atoms with Gasteiger partial charge in [-0.25, -0.2) is 0 Å². The van der Waals surface area contributed by atoms with Crippen LogP contribution in [0.1, 0.15) is 33.1 Å². The van der Waals surface area contributed by atoms with E-state index in [1.54, 1.807) is 0 Å². The number of esters is 1. The molecule has 0 amide bonds. The lowest BCUT2D eigenvalue weighted by Gasteiger charge is -2.33. The van der Waals surface area contributed by atoms with Crippen molar-refractivity contribution in [1.82, 2.24) is 5.32 Å². The Morgan fingerprint density at radius 3 is 2.76 bits per heavy atom. The van der Waals surface area contributed by atoms with Gasteiger partial charge < -0.3 is 14.8 Å². The predicted molar refractivity (Wildman–Crippen MR) is 64.7 cm³/mol. The highest BCUT2D eigenvalue weighted by molar-refractivity contribution is 5.76. The van der Waals surface area contributed by atoms with Crippen molar-refractivity contribution in [1.29, 1.82) is 0 Å². The maximum Gasteiger partial charge on any atom is 0.325 e. The molecule has 1 heterocycles. The monoisotopic (exact) mass is 241 g/mol. The van der Waals surface area contributed by atoms with E-state index in [0.29, 0.717) is 19.1 Å². The largest absolute Gasteiger partial charge is 0.461 e. The molecule has 98 valence electrons. The first-order chi connectivity index (χ1) is 8.16. The second-order valence-electron chi connectivity index (χ2n) is 5.41. The maximum absolute atomic E-state index is 11.9. The molecule has 0 spiro atoms. The maximum atomic E-state index is 11.9. The van der Waals surface area contributed by atoms with Crippen LogP contribution in [0.25, 0.3) is 0 Å². The summed E-state index contributed by atoms with van der Waals surface area (Å²) in [4.78, 5) is 11.9. The van der Waals surface area contributed by atoms with Crippen molar-refractivity contribution in [3.8, 4) is 0 Å². The van der Waals surface area contributed by atoms with Gasteiger partial charge in [0.25, 0.3) is 0 Å². The second-order valence-corrected chi connectivity index (χ2v) is 5.41. The molecule has 0 aromatic heterocycles. The molecule has 1 saturated heterocycles. The molecule has 4 nitrogen and oxygen atoms in total. The molecule has 4 heteroatoms. The number of nitrogens with one attached hydrogen (secondary N) is 1. The number of hydrogen-bond donors (Lipinski definition) is 1. The van der Waals surface area contributed by atoms with Crippen molar-refractivity contribution in [3.05, 3.63) is 0 Å². The minimum atomic E-state index is -0.265. The summed E-state index contributed by atoms with van der Waals surface area (Å²) in [5, 5.41) is 3.13. The molecule has 2 fully saturated rings. The van der Waals surface area contributed by atoms with Crippen LogP contribution in [-0.2, 0) is 14.3 Å². The molecule has 2 rings (SSSR count). The highest BCUT2D eigenvalue weighted by atomic mass is 16.5. The molecule has 1 aliphatic carbocycles. The third-order valence-electron chi connectivity index (χ3n) is 4.04. The lowest BCUT2D eigenvalue weighted by molar-refractivity contribution is -0.157. The molecule has 2 aliphatic rings. The summed E-state index contributed by atoms with van der Waals surface area (Å²) in [6, 6.07) is -0.265. The van der Waals surface area contributed by atoms with Gasteiger partial charge in [-0.3, -0.25) is 4.79 Å². The van der Waals surface area contributed by atoms with Crippen molar-refractivity contribution >= 4 is 5.97 Å². The van der Waals surface area contributed by atoms with Crippen LogP contribution in [0.2, 0.25) is 0 Å². The van der Waals surface area contributed by atoms with Crippen LogP contribution < -0.4 is 5.32 Å². The Balaban J connectivity index is 1.78. The van der Waals surface area contributed by atoms with Crippen molar-refractivity contribution < 1.29 is 14.3 Å². The third-order valence-corrected chi connectivity index (χ3v) is 4.04. The number of hydrogen-bond acceptors (Lipinski definition) is 4. The van der Waals surface area contributed by atoms with Crippen LogP contribution >= 0.6 is 0 Å². The van der Waals surface area contributed by atoms with Crippen LogP contribution in [0, 0.1) is 11.8 Å². The van der Waals surface area contributed by atoms with Gasteiger partial charge in [-0.1, -0.05) is 13.8 Å². The molecular weight excluding hydrogens is 218 g/mol. The molecule has 1 aliphatic heterocycles. The summed E-state index contributed by atoms with van der Waals surface area (Å²) >= 11 is 0. The molecule has 4 atom stereocenters. The van der Waals surface area contributed by atoms with Gasteiger partial charge in [-0.2, -0.15) is 0 Å². The molecule has 0 aromatic rings. The van der Waals surface area contributed by atoms with Gasteiger partial charge in [0.2, 0.25) is 0 Å². The minimum absolute atomic E-state index is 0.109. The van der Waals surface area contributed by atoms with Gasteiger partial charge in [0.15, 0.2) is 0 Å². The van der Waals surface area contributed by atoms with E-state index < -0.39 is 0 Å². The average molecular weight is 241 g/mol. The summed E-state index contributed by atoms with van der Waals surface area (Å²) in [6.07, 6.45) is 3.27. The highest BCUT2D eigenvalue weighted by Gasteiger charge is 2.30. The first-order valence-electron chi connectivity index (χ1n) is 6.68. The third kappa shape index (κ3) is 3.42. The summed E-state index contributed by atoms with van der Waals surface area (Å²) in [5.74, 6) is 1.26. The first-order valence-corrected chi connectivity index (χ1v) is 6.68. The Bertz CT molecular complexity index is 263. The molecule has 17 heavy (non-hydrogen) atoms. The molecule has 0 radical (unpaired) electrons. The van der Waals surface area contributed by atoms with Crippen LogP contribution in [0.15, 0.2) is 0 Å². The van der Waals surface area contributed by atoms with E-state index in [-0.39, 0.29) is 18.1 Å². The van der Waals surface area contributed by atoms with E-state index in [2.05, 4.69) is 19.2 Å². The van der Waals surface area contributed by atoms with Crippen LogP contribution in [0.3, 0.4) is 0 Å². The summed E-state index contributed by atoms with van der Waals surface area (Å²) in [7, 11) is 0. The van der Waals surface area contributed by atoms with Gasteiger partial charge in [0, 0.05) is 6.54 Å². The van der Waals surface area contributed by atoms with Crippen LogP contribution in [-0.4, -0.2) is 37.9 Å². The van der Waals surface area contributed by atoms with Crippen molar-refractivity contribution in [2.75, 3.05) is 19.8 Å². The van der Waals surface area contributed by atoms with Crippen molar-refractivity contribution in [2.24, 2.45) is 11.8 Å². The quantitative estimate of drug-likeness (QED) is 0.741. The Kier molecular flexibility index (Phi) is 4.40. The Labute approximate surface area is 103 Å². The standard InChI is InChI=1S/C13H23NO3/c1-9-3-4-11(7-10(9)2)17-13(15)12-8-16-6-5-14-12/h9-12,14H,3-8H2,1-2H3. The van der Waals surface area contributed by atoms with E-state index in [1.165, 1.54) is 0 Å². The predicted octanol–water partition coefficient (Wildman–Crippen LogP) is 1.34. The van der Waals surface area contributed by atoms with Gasteiger partial charge in [-0.15, -0.1) is 0 Å². The molecule has 1 saturated carbocycles. The van der Waals surface area contributed by atoms with E-state index in [0.717, 1.165) is 31.7 Å². The number of morpholine rings is 1. The summed E-state index contributed by atoms with van der Waals surface area (Å²) < 4.78 is 10.8. The van der Waals surface area contributed by atoms with Crippen molar-refractivity contribution in [2.45, 2.75) is 45.3 Å². The van der Waals surface area contributed by atoms with Gasteiger partial charge >= 0.3 is 5.97 Å². The SMILES string of the molecule is CC1CCC(OC(=O)C2COCCN2)CC1C. The average Bonchev–Trinajstić information content (AvgIpc) is 2.35.